The first-order chi connectivity index (χ1) is 13.3. The molecule has 1 unspecified atom stereocenters. The summed E-state index contributed by atoms with van der Waals surface area (Å²) in [6.07, 6.45) is 6.19. The summed E-state index contributed by atoms with van der Waals surface area (Å²) in [5.74, 6) is 1.61. The second-order valence-electron chi connectivity index (χ2n) is 7.62. The van der Waals surface area contributed by atoms with E-state index in [1.54, 1.807) is 4.90 Å². The molecule has 27 heavy (non-hydrogen) atoms. The maximum Gasteiger partial charge on any atom is 0.410 e. The van der Waals surface area contributed by atoms with E-state index in [1.807, 2.05) is 54.6 Å². The molecule has 0 N–H and O–H groups in total. The van der Waals surface area contributed by atoms with Crippen LogP contribution in [0.25, 0.3) is 0 Å². The summed E-state index contributed by atoms with van der Waals surface area (Å²) in [6.45, 7) is 1.96. The third kappa shape index (κ3) is 4.62. The monoisotopic (exact) mass is 365 g/mol. The van der Waals surface area contributed by atoms with E-state index in [4.69, 9.17) is 9.47 Å². The molecular weight excluding hydrogens is 338 g/mol. The molecule has 0 aromatic heterocycles. The molecule has 142 valence electrons. The normalized spacial score (nSPS) is 20.5. The summed E-state index contributed by atoms with van der Waals surface area (Å²) >= 11 is 0. The second-order valence-corrected chi connectivity index (χ2v) is 7.62. The molecule has 0 spiro atoms. The Labute approximate surface area is 161 Å². The van der Waals surface area contributed by atoms with Crippen molar-refractivity contribution in [3.05, 3.63) is 65.7 Å². The van der Waals surface area contributed by atoms with Crippen molar-refractivity contribution >= 4 is 6.09 Å². The van der Waals surface area contributed by atoms with Crippen LogP contribution >= 0.6 is 0 Å². The minimum Gasteiger partial charge on any atom is -0.493 e. The van der Waals surface area contributed by atoms with Gasteiger partial charge in [-0.3, -0.25) is 4.90 Å². The zero-order valence-electron chi connectivity index (χ0n) is 15.7. The summed E-state index contributed by atoms with van der Waals surface area (Å²) in [5.41, 5.74) is 2.13. The molecule has 4 nitrogen and oxygen atoms in total. The highest BCUT2D eigenvalue weighted by molar-refractivity contribution is 5.70. The minimum atomic E-state index is -0.249. The number of carbonyl (C=O) groups excluding carboxylic acids is 1. The topological polar surface area (TPSA) is 38.8 Å². The minimum absolute atomic E-state index is 0.184. The summed E-state index contributed by atoms with van der Waals surface area (Å²) in [6, 6.07) is 18.0. The molecular formula is C23H27NO3. The van der Waals surface area contributed by atoms with Crippen molar-refractivity contribution in [1.29, 1.82) is 0 Å². The number of rotatable bonds is 6. The van der Waals surface area contributed by atoms with E-state index >= 15 is 0 Å². The molecule has 1 atom stereocenters. The van der Waals surface area contributed by atoms with Crippen LogP contribution in [0.15, 0.2) is 54.6 Å². The van der Waals surface area contributed by atoms with Crippen LogP contribution in [0, 0.1) is 5.92 Å². The van der Waals surface area contributed by atoms with E-state index in [-0.39, 0.29) is 12.2 Å². The first kappa shape index (κ1) is 17.9. The number of benzene rings is 2. The van der Waals surface area contributed by atoms with Gasteiger partial charge in [0.15, 0.2) is 0 Å². The molecule has 2 aliphatic rings. The fraction of sp³-hybridized carbons (Fsp3) is 0.435. The van der Waals surface area contributed by atoms with Gasteiger partial charge in [0.1, 0.15) is 11.9 Å². The highest BCUT2D eigenvalue weighted by atomic mass is 16.6. The summed E-state index contributed by atoms with van der Waals surface area (Å²) < 4.78 is 11.5. The Balaban J connectivity index is 1.30. The Morgan fingerprint density at radius 1 is 0.963 bits per heavy atom. The van der Waals surface area contributed by atoms with Crippen molar-refractivity contribution in [2.75, 3.05) is 13.2 Å². The van der Waals surface area contributed by atoms with Gasteiger partial charge in [0.25, 0.3) is 0 Å². The Morgan fingerprint density at radius 2 is 1.70 bits per heavy atom. The Bertz CT molecular complexity index is 738. The van der Waals surface area contributed by atoms with Gasteiger partial charge in [-0.2, -0.15) is 0 Å². The standard InChI is InChI=1S/C23H27NO3/c25-23-24(16-22(27-23)20-9-5-2-6-10-20)15-18-11-13-21(14-12-18)26-17-19-7-3-1-4-8-19/h2,5-6,9-14,19,22H,1,3-4,7-8,15-17H2. The lowest BCUT2D eigenvalue weighted by atomic mass is 9.90. The van der Waals surface area contributed by atoms with Gasteiger partial charge in [-0.25, -0.2) is 4.79 Å². The van der Waals surface area contributed by atoms with Crippen molar-refractivity contribution < 1.29 is 14.3 Å². The number of cyclic esters (lactones) is 1. The van der Waals surface area contributed by atoms with E-state index in [9.17, 15) is 4.79 Å². The van der Waals surface area contributed by atoms with Gasteiger partial charge >= 0.3 is 6.09 Å². The van der Waals surface area contributed by atoms with E-state index in [0.29, 0.717) is 19.0 Å². The van der Waals surface area contributed by atoms with Crippen LogP contribution in [0.1, 0.15) is 49.3 Å². The number of ether oxygens (including phenoxy) is 2. The number of nitrogens with zero attached hydrogens (tertiary/aromatic N) is 1. The number of hydrogen-bond donors (Lipinski definition) is 0. The fourth-order valence-corrected chi connectivity index (χ4v) is 3.96. The molecule has 1 saturated heterocycles. The average Bonchev–Trinajstić information content (AvgIpc) is 3.09. The van der Waals surface area contributed by atoms with E-state index < -0.39 is 0 Å². The Hall–Kier alpha value is -2.49. The molecule has 0 bridgehead atoms. The lowest BCUT2D eigenvalue weighted by Crippen LogP contribution is -2.23. The van der Waals surface area contributed by atoms with Gasteiger partial charge in [-0.15, -0.1) is 0 Å². The van der Waals surface area contributed by atoms with E-state index in [0.717, 1.165) is 23.5 Å². The second kappa shape index (κ2) is 8.47. The molecule has 2 fully saturated rings. The zero-order chi connectivity index (χ0) is 18.5. The molecule has 1 heterocycles. The Kier molecular flexibility index (Phi) is 5.61. The summed E-state index contributed by atoms with van der Waals surface area (Å²) in [7, 11) is 0. The van der Waals surface area contributed by atoms with Gasteiger partial charge in [0, 0.05) is 6.54 Å². The van der Waals surface area contributed by atoms with Crippen LogP contribution in [0.5, 0.6) is 5.75 Å². The summed E-state index contributed by atoms with van der Waals surface area (Å²) in [4.78, 5) is 13.9. The Morgan fingerprint density at radius 3 is 2.44 bits per heavy atom. The van der Waals surface area contributed by atoms with E-state index in [2.05, 4.69) is 0 Å². The molecule has 0 radical (unpaired) electrons. The number of amides is 1. The largest absolute Gasteiger partial charge is 0.493 e. The summed E-state index contributed by atoms with van der Waals surface area (Å²) in [5, 5.41) is 0. The number of hydrogen-bond acceptors (Lipinski definition) is 3. The quantitative estimate of drug-likeness (QED) is 0.694. The van der Waals surface area contributed by atoms with Gasteiger partial charge in [0.2, 0.25) is 0 Å². The van der Waals surface area contributed by atoms with Crippen molar-refractivity contribution in [3.8, 4) is 5.75 Å². The first-order valence-corrected chi connectivity index (χ1v) is 10.0. The van der Waals surface area contributed by atoms with Gasteiger partial charge in [-0.1, -0.05) is 61.7 Å². The zero-order valence-corrected chi connectivity index (χ0v) is 15.7. The first-order valence-electron chi connectivity index (χ1n) is 10.0. The third-order valence-corrected chi connectivity index (χ3v) is 5.57. The molecule has 4 heteroatoms. The third-order valence-electron chi connectivity index (χ3n) is 5.57. The predicted octanol–water partition coefficient (Wildman–Crippen LogP) is 5.34. The van der Waals surface area contributed by atoms with Crippen LogP contribution in [0.4, 0.5) is 4.79 Å². The van der Waals surface area contributed by atoms with Crippen molar-refractivity contribution in [2.24, 2.45) is 5.92 Å². The smallest absolute Gasteiger partial charge is 0.410 e. The van der Waals surface area contributed by atoms with E-state index in [1.165, 1.54) is 32.1 Å². The highest BCUT2D eigenvalue weighted by Gasteiger charge is 2.32. The van der Waals surface area contributed by atoms with Crippen LogP contribution in [-0.4, -0.2) is 24.1 Å². The highest BCUT2D eigenvalue weighted by Crippen LogP contribution is 2.28. The molecule has 4 rings (SSSR count). The molecule has 1 aliphatic carbocycles. The van der Waals surface area contributed by atoms with Gasteiger partial charge < -0.3 is 9.47 Å². The van der Waals surface area contributed by atoms with Crippen molar-refractivity contribution in [3.63, 3.8) is 0 Å². The van der Waals surface area contributed by atoms with Crippen LogP contribution < -0.4 is 4.74 Å². The maximum absolute atomic E-state index is 12.2. The van der Waals surface area contributed by atoms with Crippen LogP contribution in [0.2, 0.25) is 0 Å². The molecule has 2 aromatic carbocycles. The lowest BCUT2D eigenvalue weighted by Gasteiger charge is -2.21. The van der Waals surface area contributed by atoms with Gasteiger partial charge in [-0.05, 0) is 42.0 Å². The van der Waals surface area contributed by atoms with Crippen LogP contribution in [-0.2, 0) is 11.3 Å². The predicted molar refractivity (Wildman–Crippen MR) is 105 cm³/mol. The van der Waals surface area contributed by atoms with Crippen LogP contribution in [0.3, 0.4) is 0 Å². The number of carbonyl (C=O) groups is 1. The van der Waals surface area contributed by atoms with Crippen molar-refractivity contribution in [2.45, 2.75) is 44.8 Å². The SMILES string of the molecule is O=C1OC(c2ccccc2)CN1Cc1ccc(OCC2CCCCC2)cc1. The molecule has 1 aliphatic heterocycles. The average molecular weight is 365 g/mol. The van der Waals surface area contributed by atoms with Gasteiger partial charge in [0.05, 0.1) is 13.2 Å². The lowest BCUT2D eigenvalue weighted by molar-refractivity contribution is 0.132. The molecule has 2 aromatic rings. The molecule has 1 saturated carbocycles. The van der Waals surface area contributed by atoms with Crippen molar-refractivity contribution in [1.82, 2.24) is 4.90 Å². The molecule has 1 amide bonds. The maximum atomic E-state index is 12.2. The fourth-order valence-electron chi connectivity index (χ4n) is 3.96.